The third kappa shape index (κ3) is 1.69. The van der Waals surface area contributed by atoms with E-state index >= 15 is 0 Å². The van der Waals surface area contributed by atoms with Crippen molar-refractivity contribution in [3.8, 4) is 11.8 Å². The monoisotopic (exact) mass is 212 g/mol. The van der Waals surface area contributed by atoms with Gasteiger partial charge in [0, 0.05) is 17.9 Å². The second-order valence-corrected chi connectivity index (χ2v) is 5.26. The lowest BCUT2D eigenvalue weighted by molar-refractivity contribution is 0.257. The molecule has 0 bridgehead atoms. The van der Waals surface area contributed by atoms with E-state index in [-0.39, 0.29) is 17.9 Å². The van der Waals surface area contributed by atoms with Crippen LogP contribution < -0.4 is 0 Å². The summed E-state index contributed by atoms with van der Waals surface area (Å²) >= 11 is 6.32. The summed E-state index contributed by atoms with van der Waals surface area (Å²) in [4.78, 5) is -0.534. The van der Waals surface area contributed by atoms with Crippen molar-refractivity contribution >= 4 is 11.6 Å². The third-order valence-corrected chi connectivity index (χ3v) is 3.85. The molecule has 1 aliphatic rings. The molecular formula is C12H17ClO. The van der Waals surface area contributed by atoms with Gasteiger partial charge in [0.25, 0.3) is 0 Å². The fourth-order valence-electron chi connectivity index (χ4n) is 1.70. The van der Waals surface area contributed by atoms with Crippen LogP contribution in [0.4, 0.5) is 0 Å². The molecule has 2 unspecified atom stereocenters. The topological polar surface area (TPSA) is 20.2 Å². The first-order valence-corrected chi connectivity index (χ1v) is 5.20. The quantitative estimate of drug-likeness (QED) is 0.523. The lowest BCUT2D eigenvalue weighted by Gasteiger charge is -2.01. The van der Waals surface area contributed by atoms with Crippen LogP contribution >= 0.6 is 11.6 Å². The van der Waals surface area contributed by atoms with Crippen LogP contribution in [0.15, 0.2) is 11.6 Å². The predicted octanol–water partition coefficient (Wildman–Crippen LogP) is 2.58. The highest BCUT2D eigenvalue weighted by Crippen LogP contribution is 2.65. The van der Waals surface area contributed by atoms with Crippen LogP contribution in [0.2, 0.25) is 0 Å². The van der Waals surface area contributed by atoms with Gasteiger partial charge in [-0.1, -0.05) is 31.3 Å². The van der Waals surface area contributed by atoms with Crippen molar-refractivity contribution in [1.82, 2.24) is 0 Å². The maximum Gasteiger partial charge on any atom is 0.116 e. The van der Waals surface area contributed by atoms with Gasteiger partial charge < -0.3 is 5.11 Å². The second kappa shape index (κ2) is 3.61. The number of alkyl halides is 1. The molecule has 78 valence electrons. The molecule has 0 aliphatic heterocycles. The Morgan fingerprint density at radius 1 is 1.50 bits per heavy atom. The van der Waals surface area contributed by atoms with Crippen LogP contribution in [0.3, 0.4) is 0 Å². The standard InChI is InChI=1S/C12H17ClO/c1-9(2)6-5-7-12(13)10(8-14)11(12,3)4/h6,10,14H,8H2,1-4H3. The van der Waals surface area contributed by atoms with Crippen molar-refractivity contribution in [2.75, 3.05) is 6.61 Å². The Kier molecular flexibility index (Phi) is 2.99. The largest absolute Gasteiger partial charge is 0.396 e. The van der Waals surface area contributed by atoms with E-state index in [1.165, 1.54) is 0 Å². The normalized spacial score (nSPS) is 32.9. The van der Waals surface area contributed by atoms with Gasteiger partial charge in [-0.25, -0.2) is 0 Å². The minimum Gasteiger partial charge on any atom is -0.396 e. The summed E-state index contributed by atoms with van der Waals surface area (Å²) in [6.07, 6.45) is 1.85. The Balaban J connectivity index is 2.79. The molecule has 0 heterocycles. The Bertz CT molecular complexity index is 315. The van der Waals surface area contributed by atoms with E-state index in [9.17, 15) is 0 Å². The van der Waals surface area contributed by atoms with Crippen LogP contribution in [0.5, 0.6) is 0 Å². The highest BCUT2D eigenvalue weighted by Gasteiger charge is 2.69. The molecule has 1 aliphatic carbocycles. The van der Waals surface area contributed by atoms with Crippen LogP contribution in [0.1, 0.15) is 27.7 Å². The molecule has 1 fully saturated rings. The first-order chi connectivity index (χ1) is 6.36. The number of aliphatic hydroxyl groups is 1. The molecule has 14 heavy (non-hydrogen) atoms. The van der Waals surface area contributed by atoms with Crippen molar-refractivity contribution < 1.29 is 5.11 Å². The van der Waals surface area contributed by atoms with E-state index in [2.05, 4.69) is 11.8 Å². The molecule has 1 rings (SSSR count). The molecule has 0 saturated heterocycles. The Hall–Kier alpha value is -0.450. The molecule has 0 aromatic carbocycles. The molecule has 1 N–H and O–H groups in total. The van der Waals surface area contributed by atoms with E-state index in [4.69, 9.17) is 16.7 Å². The Morgan fingerprint density at radius 3 is 2.43 bits per heavy atom. The number of allylic oxidation sites excluding steroid dienone is 2. The number of aliphatic hydroxyl groups excluding tert-OH is 1. The van der Waals surface area contributed by atoms with E-state index in [0.29, 0.717) is 0 Å². The zero-order valence-electron chi connectivity index (χ0n) is 9.19. The van der Waals surface area contributed by atoms with Crippen LogP contribution in [0.25, 0.3) is 0 Å². The summed E-state index contributed by atoms with van der Waals surface area (Å²) in [6.45, 7) is 8.18. The highest BCUT2D eigenvalue weighted by atomic mass is 35.5. The van der Waals surface area contributed by atoms with Gasteiger partial charge in [0.1, 0.15) is 4.87 Å². The summed E-state index contributed by atoms with van der Waals surface area (Å²) in [7, 11) is 0. The second-order valence-electron chi connectivity index (χ2n) is 4.66. The van der Waals surface area contributed by atoms with Gasteiger partial charge >= 0.3 is 0 Å². The van der Waals surface area contributed by atoms with Crippen LogP contribution in [-0.4, -0.2) is 16.6 Å². The van der Waals surface area contributed by atoms with Gasteiger partial charge in [-0.05, 0) is 19.9 Å². The zero-order valence-corrected chi connectivity index (χ0v) is 9.94. The molecule has 0 spiro atoms. The minimum absolute atomic E-state index is 0.0776. The van der Waals surface area contributed by atoms with Gasteiger partial charge in [0.2, 0.25) is 0 Å². The van der Waals surface area contributed by atoms with Crippen molar-refractivity contribution in [2.24, 2.45) is 11.3 Å². The molecule has 0 aromatic heterocycles. The molecule has 1 saturated carbocycles. The predicted molar refractivity (Wildman–Crippen MR) is 60.1 cm³/mol. The minimum atomic E-state index is -0.534. The fourth-order valence-corrected chi connectivity index (χ4v) is 2.17. The molecule has 2 heteroatoms. The lowest BCUT2D eigenvalue weighted by atomic mass is 10.1. The van der Waals surface area contributed by atoms with Gasteiger partial charge in [0.15, 0.2) is 0 Å². The highest BCUT2D eigenvalue weighted by molar-refractivity contribution is 6.29. The van der Waals surface area contributed by atoms with E-state index in [0.717, 1.165) is 5.57 Å². The molecule has 2 atom stereocenters. The molecular weight excluding hydrogens is 196 g/mol. The van der Waals surface area contributed by atoms with E-state index < -0.39 is 4.87 Å². The number of halogens is 1. The van der Waals surface area contributed by atoms with E-state index in [1.54, 1.807) is 0 Å². The first-order valence-electron chi connectivity index (χ1n) is 4.82. The number of rotatable bonds is 1. The van der Waals surface area contributed by atoms with Gasteiger partial charge in [0.05, 0.1) is 0 Å². The van der Waals surface area contributed by atoms with Crippen molar-refractivity contribution in [3.05, 3.63) is 11.6 Å². The lowest BCUT2D eigenvalue weighted by Crippen LogP contribution is -2.04. The van der Waals surface area contributed by atoms with E-state index in [1.807, 2.05) is 33.8 Å². The van der Waals surface area contributed by atoms with Crippen LogP contribution in [0, 0.1) is 23.2 Å². The molecule has 0 radical (unpaired) electrons. The average molecular weight is 213 g/mol. The SMILES string of the molecule is CC(C)=CC#CC1(Cl)C(CO)C1(C)C. The summed E-state index contributed by atoms with van der Waals surface area (Å²) in [5.74, 6) is 6.08. The maximum absolute atomic E-state index is 9.12. The molecule has 0 amide bonds. The number of hydrogen-bond donors (Lipinski definition) is 1. The average Bonchev–Trinajstić information content (AvgIpc) is 2.44. The Morgan fingerprint density at radius 2 is 2.07 bits per heavy atom. The third-order valence-electron chi connectivity index (χ3n) is 3.00. The Labute approximate surface area is 91.2 Å². The smallest absolute Gasteiger partial charge is 0.116 e. The maximum atomic E-state index is 9.12. The van der Waals surface area contributed by atoms with Crippen molar-refractivity contribution in [1.29, 1.82) is 0 Å². The van der Waals surface area contributed by atoms with Crippen molar-refractivity contribution in [2.45, 2.75) is 32.6 Å². The molecule has 1 nitrogen and oxygen atoms in total. The summed E-state index contributed by atoms with van der Waals surface area (Å²) in [5, 5.41) is 9.12. The summed E-state index contributed by atoms with van der Waals surface area (Å²) in [5.41, 5.74) is 1.09. The van der Waals surface area contributed by atoms with Crippen LogP contribution in [-0.2, 0) is 0 Å². The van der Waals surface area contributed by atoms with Gasteiger partial charge in [-0.3, -0.25) is 0 Å². The fraction of sp³-hybridized carbons (Fsp3) is 0.667. The van der Waals surface area contributed by atoms with Gasteiger partial charge in [-0.15, -0.1) is 11.6 Å². The zero-order chi connectivity index (χ0) is 11.0. The summed E-state index contributed by atoms with van der Waals surface area (Å²) in [6, 6.07) is 0. The molecule has 0 aromatic rings. The first kappa shape index (κ1) is 11.6. The summed E-state index contributed by atoms with van der Waals surface area (Å²) < 4.78 is 0. The number of hydrogen-bond acceptors (Lipinski definition) is 1. The van der Waals surface area contributed by atoms with Crippen molar-refractivity contribution in [3.63, 3.8) is 0 Å². The van der Waals surface area contributed by atoms with Gasteiger partial charge in [-0.2, -0.15) is 0 Å².